The minimum Gasteiger partial charge on any atom is -0.292 e. The molecule has 2 saturated heterocycles. The summed E-state index contributed by atoms with van der Waals surface area (Å²) in [7, 11) is 2.24. The van der Waals surface area contributed by atoms with E-state index in [0.29, 0.717) is 3.55 Å². The van der Waals surface area contributed by atoms with E-state index in [1.807, 2.05) is 0 Å². The van der Waals surface area contributed by atoms with Crippen LogP contribution in [0.5, 0.6) is 0 Å². The van der Waals surface area contributed by atoms with Crippen molar-refractivity contribution < 1.29 is 0 Å². The van der Waals surface area contributed by atoms with Gasteiger partial charge in [0.1, 0.15) is 0 Å². The molecule has 8 heavy (non-hydrogen) atoms. The van der Waals surface area contributed by atoms with Crippen LogP contribution in [0.3, 0.4) is 0 Å². The molecule has 0 N–H and O–H groups in total. The maximum Gasteiger partial charge on any atom is 0.0734 e. The summed E-state index contributed by atoms with van der Waals surface area (Å²) in [5.41, 5.74) is 0. The molecular formula is C6H10IN. The highest BCUT2D eigenvalue weighted by Gasteiger charge is 2.52. The molecular weight excluding hydrogens is 213 g/mol. The SMILES string of the molecule is CN1CC2CC1(I)C2. The third-order valence-electron chi connectivity index (χ3n) is 2.42. The summed E-state index contributed by atoms with van der Waals surface area (Å²) in [6.45, 7) is 1.35. The molecule has 1 aliphatic carbocycles. The van der Waals surface area contributed by atoms with Gasteiger partial charge in [0.05, 0.1) is 3.55 Å². The van der Waals surface area contributed by atoms with E-state index in [2.05, 4.69) is 34.5 Å². The molecule has 0 unspecified atom stereocenters. The van der Waals surface area contributed by atoms with Gasteiger partial charge in [-0.25, -0.2) is 0 Å². The van der Waals surface area contributed by atoms with E-state index in [1.54, 1.807) is 0 Å². The summed E-state index contributed by atoms with van der Waals surface area (Å²) >= 11 is 2.58. The van der Waals surface area contributed by atoms with Crippen LogP contribution in [0.1, 0.15) is 12.8 Å². The van der Waals surface area contributed by atoms with Crippen LogP contribution in [-0.2, 0) is 0 Å². The number of hydrogen-bond acceptors (Lipinski definition) is 1. The van der Waals surface area contributed by atoms with Gasteiger partial charge in [0.15, 0.2) is 0 Å². The maximum absolute atomic E-state index is 2.58. The Labute approximate surface area is 63.6 Å². The Morgan fingerprint density at radius 3 is 2.38 bits per heavy atom. The van der Waals surface area contributed by atoms with Crippen molar-refractivity contribution in [3.05, 3.63) is 0 Å². The minimum atomic E-state index is 0.600. The van der Waals surface area contributed by atoms with E-state index in [4.69, 9.17) is 0 Å². The van der Waals surface area contributed by atoms with Crippen molar-refractivity contribution in [1.29, 1.82) is 0 Å². The number of nitrogens with zero attached hydrogens (tertiary/aromatic N) is 1. The Morgan fingerprint density at radius 1 is 1.62 bits per heavy atom. The van der Waals surface area contributed by atoms with Gasteiger partial charge in [-0.05, 0) is 25.8 Å². The standard InChI is InChI=1S/C6H10IN/c1-8-4-5-2-6(8,7)3-5/h5H,2-4H2,1H3. The van der Waals surface area contributed by atoms with Gasteiger partial charge < -0.3 is 0 Å². The largest absolute Gasteiger partial charge is 0.292 e. The average Bonchev–Trinajstić information content (AvgIpc) is 1.90. The van der Waals surface area contributed by atoms with Crippen molar-refractivity contribution in [2.24, 2.45) is 5.92 Å². The van der Waals surface area contributed by atoms with Crippen LogP contribution >= 0.6 is 22.6 Å². The number of hydrogen-bond donors (Lipinski definition) is 0. The zero-order valence-corrected chi connectivity index (χ0v) is 7.18. The van der Waals surface area contributed by atoms with E-state index < -0.39 is 0 Å². The first-order chi connectivity index (χ1) is 3.71. The summed E-state index contributed by atoms with van der Waals surface area (Å²) in [5, 5.41) is 0. The lowest BCUT2D eigenvalue weighted by molar-refractivity contribution is 0.264. The van der Waals surface area contributed by atoms with Gasteiger partial charge in [-0.3, -0.25) is 4.90 Å². The highest BCUT2D eigenvalue weighted by Crippen LogP contribution is 2.53. The van der Waals surface area contributed by atoms with E-state index >= 15 is 0 Å². The van der Waals surface area contributed by atoms with Gasteiger partial charge in [0, 0.05) is 6.54 Å². The highest BCUT2D eigenvalue weighted by molar-refractivity contribution is 14.1. The Hall–Kier alpha value is 0.690. The molecule has 0 aromatic rings. The second kappa shape index (κ2) is 1.40. The van der Waals surface area contributed by atoms with Gasteiger partial charge in [-0.15, -0.1) is 0 Å². The molecule has 2 aliphatic heterocycles. The normalized spacial score (nSPS) is 54.0. The topological polar surface area (TPSA) is 3.24 Å². The molecule has 1 nitrogen and oxygen atoms in total. The van der Waals surface area contributed by atoms with E-state index in [-0.39, 0.29) is 0 Å². The molecule has 3 fully saturated rings. The zero-order valence-electron chi connectivity index (χ0n) is 5.02. The van der Waals surface area contributed by atoms with E-state index in [9.17, 15) is 0 Å². The number of rotatable bonds is 0. The molecule has 0 atom stereocenters. The summed E-state index contributed by atoms with van der Waals surface area (Å²) < 4.78 is 0.600. The van der Waals surface area contributed by atoms with Crippen LogP contribution in [0.2, 0.25) is 0 Å². The van der Waals surface area contributed by atoms with Crippen LogP contribution in [0.25, 0.3) is 0 Å². The zero-order chi connectivity index (χ0) is 5.78. The summed E-state index contributed by atoms with van der Waals surface area (Å²) in [6, 6.07) is 0. The molecule has 0 amide bonds. The van der Waals surface area contributed by atoms with Crippen molar-refractivity contribution in [3.8, 4) is 0 Å². The van der Waals surface area contributed by atoms with Crippen molar-refractivity contribution in [2.75, 3.05) is 13.6 Å². The smallest absolute Gasteiger partial charge is 0.0734 e. The first-order valence-corrected chi connectivity index (χ1v) is 4.19. The molecule has 2 heterocycles. The van der Waals surface area contributed by atoms with Gasteiger partial charge >= 0.3 is 0 Å². The maximum atomic E-state index is 2.58. The van der Waals surface area contributed by atoms with Crippen molar-refractivity contribution >= 4 is 22.6 Å². The second-order valence-corrected chi connectivity index (χ2v) is 5.08. The second-order valence-electron chi connectivity index (χ2n) is 3.07. The third-order valence-corrected chi connectivity index (χ3v) is 4.12. The molecule has 46 valence electrons. The predicted molar refractivity (Wildman–Crippen MR) is 42.1 cm³/mol. The Bertz CT molecular complexity index is 115. The molecule has 0 aromatic heterocycles. The van der Waals surface area contributed by atoms with Crippen LogP contribution in [0.4, 0.5) is 0 Å². The van der Waals surface area contributed by atoms with Gasteiger partial charge in [0.2, 0.25) is 0 Å². The van der Waals surface area contributed by atoms with Crippen molar-refractivity contribution in [3.63, 3.8) is 0 Å². The third kappa shape index (κ3) is 0.506. The lowest BCUT2D eigenvalue weighted by Gasteiger charge is -2.34. The first-order valence-electron chi connectivity index (χ1n) is 3.11. The van der Waals surface area contributed by atoms with Crippen molar-refractivity contribution in [1.82, 2.24) is 4.90 Å². The summed E-state index contributed by atoms with van der Waals surface area (Å²) in [6.07, 6.45) is 2.90. The quantitative estimate of drug-likeness (QED) is 0.341. The molecule has 2 bridgehead atoms. The van der Waals surface area contributed by atoms with Crippen LogP contribution < -0.4 is 0 Å². The molecule has 3 aliphatic rings. The monoisotopic (exact) mass is 223 g/mol. The molecule has 0 spiro atoms. The summed E-state index contributed by atoms with van der Waals surface area (Å²) in [5.74, 6) is 1.05. The van der Waals surface area contributed by atoms with Gasteiger partial charge in [-0.2, -0.15) is 0 Å². The molecule has 2 heteroatoms. The van der Waals surface area contributed by atoms with E-state index in [1.165, 1.54) is 19.4 Å². The summed E-state index contributed by atoms with van der Waals surface area (Å²) in [4.78, 5) is 2.48. The first kappa shape index (κ1) is 5.47. The Morgan fingerprint density at radius 2 is 2.25 bits per heavy atom. The lowest BCUT2D eigenvalue weighted by Crippen LogP contribution is -2.36. The fourth-order valence-corrected chi connectivity index (χ4v) is 3.26. The Balaban J connectivity index is 2.21. The molecule has 0 radical (unpaired) electrons. The molecule has 0 aromatic carbocycles. The van der Waals surface area contributed by atoms with Crippen molar-refractivity contribution in [2.45, 2.75) is 16.4 Å². The highest BCUT2D eigenvalue weighted by atomic mass is 127. The van der Waals surface area contributed by atoms with Gasteiger partial charge in [0.25, 0.3) is 0 Å². The molecule has 1 saturated carbocycles. The fourth-order valence-electron chi connectivity index (χ4n) is 1.82. The minimum absolute atomic E-state index is 0.600. The Kier molecular flexibility index (Phi) is 0.956. The number of alkyl halides is 1. The number of fused-ring (bicyclic) bond motifs is 1. The van der Waals surface area contributed by atoms with E-state index in [0.717, 1.165) is 5.92 Å². The van der Waals surface area contributed by atoms with Crippen LogP contribution in [0, 0.1) is 5.92 Å². The van der Waals surface area contributed by atoms with Crippen LogP contribution in [-0.4, -0.2) is 22.0 Å². The average molecular weight is 223 g/mol. The molecule has 3 rings (SSSR count). The lowest BCUT2D eigenvalue weighted by atomic mass is 9.86. The predicted octanol–water partition coefficient (Wildman–Crippen LogP) is 1.47. The van der Waals surface area contributed by atoms with Crippen LogP contribution in [0.15, 0.2) is 0 Å². The fraction of sp³-hybridized carbons (Fsp3) is 1.00. The van der Waals surface area contributed by atoms with Gasteiger partial charge in [-0.1, -0.05) is 22.6 Å². The number of halogens is 1.